The van der Waals surface area contributed by atoms with E-state index in [1.165, 1.54) is 16.7 Å². The number of imidazole rings is 1. The maximum Gasteiger partial charge on any atom is 0.417 e. The van der Waals surface area contributed by atoms with Gasteiger partial charge in [0.15, 0.2) is 0 Å². The van der Waals surface area contributed by atoms with Crippen molar-refractivity contribution in [2.24, 2.45) is 0 Å². The van der Waals surface area contributed by atoms with Crippen molar-refractivity contribution in [3.8, 4) is 11.3 Å². The highest BCUT2D eigenvalue weighted by Gasteiger charge is 2.34. The summed E-state index contributed by atoms with van der Waals surface area (Å²) in [5, 5.41) is 0.436. The minimum atomic E-state index is -4.40. The van der Waals surface area contributed by atoms with Gasteiger partial charge in [-0.05, 0) is 31.0 Å². The molecule has 1 aliphatic rings. The Morgan fingerprint density at radius 1 is 1.17 bits per heavy atom. The van der Waals surface area contributed by atoms with Gasteiger partial charge in [-0.3, -0.25) is 9.38 Å². The highest BCUT2D eigenvalue weighted by atomic mass is 35.5. The molecule has 118 valence electrons. The van der Waals surface area contributed by atoms with E-state index in [0.717, 1.165) is 30.8 Å². The second-order valence-corrected chi connectivity index (χ2v) is 6.09. The summed E-state index contributed by atoms with van der Waals surface area (Å²) < 4.78 is 40.6. The zero-order chi connectivity index (χ0) is 16.2. The quantitative estimate of drug-likeness (QED) is 0.662. The molecule has 0 amide bonds. The van der Waals surface area contributed by atoms with E-state index in [2.05, 4.69) is 9.97 Å². The van der Waals surface area contributed by atoms with Crippen molar-refractivity contribution in [1.29, 1.82) is 0 Å². The van der Waals surface area contributed by atoms with E-state index >= 15 is 0 Å². The topological polar surface area (TPSA) is 30.2 Å². The third kappa shape index (κ3) is 2.57. The number of aromatic nitrogens is 3. The first-order valence-corrected chi connectivity index (χ1v) is 7.51. The Morgan fingerprint density at radius 3 is 2.61 bits per heavy atom. The van der Waals surface area contributed by atoms with Crippen molar-refractivity contribution in [2.45, 2.75) is 24.9 Å². The number of alkyl halides is 3. The van der Waals surface area contributed by atoms with Gasteiger partial charge in [0.1, 0.15) is 5.65 Å². The van der Waals surface area contributed by atoms with E-state index in [0.29, 0.717) is 27.8 Å². The van der Waals surface area contributed by atoms with Crippen LogP contribution in [0.4, 0.5) is 13.2 Å². The predicted molar refractivity (Wildman–Crippen MR) is 80.4 cm³/mol. The van der Waals surface area contributed by atoms with E-state index in [1.54, 1.807) is 12.3 Å². The van der Waals surface area contributed by atoms with Crippen molar-refractivity contribution in [3.05, 3.63) is 53.1 Å². The lowest BCUT2D eigenvalue weighted by Gasteiger charge is -2.09. The lowest BCUT2D eigenvalue weighted by molar-refractivity contribution is -0.137. The molecule has 0 N–H and O–H groups in total. The molecule has 3 aromatic heterocycles. The largest absolute Gasteiger partial charge is 0.417 e. The van der Waals surface area contributed by atoms with Crippen LogP contribution in [0.3, 0.4) is 0 Å². The number of pyridine rings is 2. The first kappa shape index (κ1) is 14.5. The van der Waals surface area contributed by atoms with Crippen LogP contribution in [0.2, 0.25) is 5.02 Å². The molecule has 0 aliphatic heterocycles. The van der Waals surface area contributed by atoms with Gasteiger partial charge in [0, 0.05) is 30.1 Å². The van der Waals surface area contributed by atoms with Crippen LogP contribution in [0.5, 0.6) is 0 Å². The van der Waals surface area contributed by atoms with Gasteiger partial charge >= 0.3 is 6.18 Å². The Bertz CT molecular complexity index is 897. The Kier molecular flexibility index (Phi) is 3.13. The lowest BCUT2D eigenvalue weighted by atomic mass is 10.1. The summed E-state index contributed by atoms with van der Waals surface area (Å²) in [6.07, 6.45) is 1.77. The van der Waals surface area contributed by atoms with Crippen LogP contribution in [0.15, 0.2) is 36.8 Å². The molecule has 23 heavy (non-hydrogen) atoms. The van der Waals surface area contributed by atoms with Crippen LogP contribution >= 0.6 is 11.6 Å². The molecule has 0 atom stereocenters. The summed E-state index contributed by atoms with van der Waals surface area (Å²) in [7, 11) is 0. The molecule has 3 nitrogen and oxygen atoms in total. The Labute approximate surface area is 134 Å². The summed E-state index contributed by atoms with van der Waals surface area (Å²) in [5.74, 6) is 0.290. The Balaban J connectivity index is 2.00. The zero-order valence-corrected chi connectivity index (χ0v) is 12.6. The van der Waals surface area contributed by atoms with Gasteiger partial charge in [0.2, 0.25) is 0 Å². The molecule has 0 radical (unpaired) electrons. The summed E-state index contributed by atoms with van der Waals surface area (Å²) >= 11 is 5.99. The fourth-order valence-corrected chi connectivity index (χ4v) is 2.87. The molecule has 1 aliphatic carbocycles. The molecule has 3 aromatic rings. The second-order valence-electron chi connectivity index (χ2n) is 5.66. The second kappa shape index (κ2) is 4.96. The molecular weight excluding hydrogens is 327 g/mol. The highest BCUT2D eigenvalue weighted by Crippen LogP contribution is 2.44. The minimum Gasteiger partial charge on any atom is -0.299 e. The first-order chi connectivity index (χ1) is 10.9. The van der Waals surface area contributed by atoms with Crippen LogP contribution in [0.25, 0.3) is 16.9 Å². The number of fused-ring (bicyclic) bond motifs is 1. The van der Waals surface area contributed by atoms with Crippen molar-refractivity contribution in [1.82, 2.24) is 14.4 Å². The number of halogens is 4. The van der Waals surface area contributed by atoms with Crippen LogP contribution < -0.4 is 0 Å². The molecule has 4 rings (SSSR count). The average Bonchev–Trinajstić information content (AvgIpc) is 3.26. The van der Waals surface area contributed by atoms with Gasteiger partial charge in [-0.25, -0.2) is 4.98 Å². The zero-order valence-electron chi connectivity index (χ0n) is 11.8. The number of nitrogens with zero attached hydrogens (tertiary/aromatic N) is 3. The van der Waals surface area contributed by atoms with E-state index in [4.69, 9.17) is 11.6 Å². The Hall–Kier alpha value is -2.08. The Morgan fingerprint density at radius 2 is 1.96 bits per heavy atom. The predicted octanol–water partition coefficient (Wildman–Crippen LogP) is 4.95. The van der Waals surface area contributed by atoms with Gasteiger partial charge < -0.3 is 0 Å². The summed E-state index contributed by atoms with van der Waals surface area (Å²) in [5.41, 5.74) is 1.92. The molecule has 0 unspecified atom stereocenters. The summed E-state index contributed by atoms with van der Waals surface area (Å²) in [4.78, 5) is 8.57. The van der Waals surface area contributed by atoms with Gasteiger partial charge in [0.25, 0.3) is 0 Å². The summed E-state index contributed by atoms with van der Waals surface area (Å²) in [6, 6.07) is 4.15. The number of hydrogen-bond donors (Lipinski definition) is 0. The molecule has 1 fully saturated rings. The molecule has 0 saturated heterocycles. The lowest BCUT2D eigenvalue weighted by Crippen LogP contribution is -2.06. The number of rotatable bonds is 2. The fourth-order valence-electron chi connectivity index (χ4n) is 2.70. The van der Waals surface area contributed by atoms with Crippen LogP contribution in [0.1, 0.15) is 30.0 Å². The standard InChI is InChI=1S/C16H11ClF3N3/c17-12-5-10(6-21-7-12)15-14(9-1-2-9)22-13-4-3-11(8-23(13)15)16(18,19)20/h3-9H,1-2H2. The smallest absolute Gasteiger partial charge is 0.299 e. The maximum atomic E-state index is 13.0. The maximum absolute atomic E-state index is 13.0. The van der Waals surface area contributed by atoms with Crippen molar-refractivity contribution in [3.63, 3.8) is 0 Å². The summed E-state index contributed by atoms with van der Waals surface area (Å²) in [6.45, 7) is 0. The van der Waals surface area contributed by atoms with Gasteiger partial charge in [-0.2, -0.15) is 13.2 Å². The highest BCUT2D eigenvalue weighted by molar-refractivity contribution is 6.30. The molecule has 3 heterocycles. The third-order valence-corrected chi connectivity index (χ3v) is 4.12. The van der Waals surface area contributed by atoms with E-state index in [9.17, 15) is 13.2 Å². The van der Waals surface area contributed by atoms with Crippen molar-refractivity contribution in [2.75, 3.05) is 0 Å². The third-order valence-electron chi connectivity index (χ3n) is 3.92. The molecule has 0 aromatic carbocycles. The van der Waals surface area contributed by atoms with Gasteiger partial charge in [0.05, 0.1) is 22.0 Å². The van der Waals surface area contributed by atoms with Crippen LogP contribution in [-0.4, -0.2) is 14.4 Å². The SMILES string of the molecule is FC(F)(F)c1ccc2nc(C3CC3)c(-c3cncc(Cl)c3)n2c1. The first-order valence-electron chi connectivity index (χ1n) is 7.13. The normalized spacial score (nSPS) is 15.3. The minimum absolute atomic E-state index is 0.290. The van der Waals surface area contributed by atoms with E-state index in [1.807, 2.05) is 0 Å². The fraction of sp³-hybridized carbons (Fsp3) is 0.250. The molecule has 1 saturated carbocycles. The van der Waals surface area contributed by atoms with E-state index < -0.39 is 11.7 Å². The molecular formula is C16H11ClF3N3. The van der Waals surface area contributed by atoms with Crippen molar-refractivity contribution >= 4 is 17.2 Å². The molecule has 0 bridgehead atoms. The van der Waals surface area contributed by atoms with Crippen LogP contribution in [0, 0.1) is 0 Å². The monoisotopic (exact) mass is 337 g/mol. The van der Waals surface area contributed by atoms with Crippen LogP contribution in [-0.2, 0) is 6.18 Å². The van der Waals surface area contributed by atoms with Gasteiger partial charge in [-0.15, -0.1) is 0 Å². The molecule has 0 spiro atoms. The average molecular weight is 338 g/mol. The van der Waals surface area contributed by atoms with Gasteiger partial charge in [-0.1, -0.05) is 11.6 Å². The number of hydrogen-bond acceptors (Lipinski definition) is 2. The van der Waals surface area contributed by atoms with E-state index in [-0.39, 0.29) is 0 Å². The van der Waals surface area contributed by atoms with Crippen molar-refractivity contribution < 1.29 is 13.2 Å². The molecule has 7 heteroatoms.